The van der Waals surface area contributed by atoms with Gasteiger partial charge in [-0.15, -0.1) is 0 Å². The lowest BCUT2D eigenvalue weighted by atomic mass is 10.2. The largest absolute Gasteiger partial charge is 0.457 e. The predicted molar refractivity (Wildman–Crippen MR) is 42.7 cm³/mol. The first-order valence-corrected chi connectivity index (χ1v) is 3.78. The molecule has 0 amide bonds. The van der Waals surface area contributed by atoms with E-state index in [0.717, 1.165) is 23.3 Å². The summed E-state index contributed by atoms with van der Waals surface area (Å²) in [5, 5.41) is 0. The van der Waals surface area contributed by atoms with Crippen molar-refractivity contribution in [1.82, 2.24) is 0 Å². The number of rotatable bonds is 3. The second kappa shape index (κ2) is 2.55. The van der Waals surface area contributed by atoms with Crippen molar-refractivity contribution < 1.29 is 9.15 Å². The molecule has 0 saturated carbocycles. The van der Waals surface area contributed by atoms with Crippen molar-refractivity contribution in [3.63, 3.8) is 0 Å². The molecule has 0 atom stereocenters. The Kier molecular flexibility index (Phi) is 1.55. The maximum absolute atomic E-state index is 5.33. The first kappa shape index (κ1) is 6.68. The summed E-state index contributed by atoms with van der Waals surface area (Å²) in [4.78, 5) is 0. The van der Waals surface area contributed by atoms with Gasteiger partial charge in [0.1, 0.15) is 11.2 Å². The molecular formula is C9H10O2. The molecule has 0 N–H and O–H groups in total. The Bertz CT molecular complexity index is 324. The van der Waals surface area contributed by atoms with Gasteiger partial charge in [-0.2, -0.15) is 0 Å². The molecule has 2 aromatic rings. The van der Waals surface area contributed by atoms with Crippen LogP contribution >= 0.6 is 0 Å². The first-order chi connectivity index (χ1) is 5.40. The lowest BCUT2D eigenvalue weighted by Gasteiger charge is -1.96. The molecule has 2 nitrogen and oxygen atoms in total. The van der Waals surface area contributed by atoms with Crippen LogP contribution in [0.15, 0.2) is 22.6 Å². The average Bonchev–Trinajstić information content (AvgIpc) is 2.60. The minimum absolute atomic E-state index is 0.666. The Morgan fingerprint density at radius 1 is 1.45 bits per heavy atom. The highest BCUT2D eigenvalue weighted by Crippen LogP contribution is 2.22. The SMILES string of the molecule is CCOCc1cc2ccc1o2. The van der Waals surface area contributed by atoms with Crippen LogP contribution in [-0.4, -0.2) is 6.61 Å². The van der Waals surface area contributed by atoms with Crippen LogP contribution in [0.4, 0.5) is 0 Å². The monoisotopic (exact) mass is 150 g/mol. The smallest absolute Gasteiger partial charge is 0.133 e. The van der Waals surface area contributed by atoms with Crippen molar-refractivity contribution in [2.45, 2.75) is 13.5 Å². The number of benzene rings is 1. The Labute approximate surface area is 65.1 Å². The maximum atomic E-state index is 5.33. The minimum Gasteiger partial charge on any atom is -0.457 e. The zero-order valence-electron chi connectivity index (χ0n) is 6.46. The van der Waals surface area contributed by atoms with Crippen LogP contribution in [0.5, 0.6) is 0 Å². The molecule has 2 heterocycles. The summed E-state index contributed by atoms with van der Waals surface area (Å²) >= 11 is 0. The van der Waals surface area contributed by atoms with E-state index in [1.165, 1.54) is 0 Å². The third-order valence-electron chi connectivity index (χ3n) is 1.72. The van der Waals surface area contributed by atoms with Gasteiger partial charge in [0.25, 0.3) is 0 Å². The molecule has 58 valence electrons. The number of fused-ring (bicyclic) bond motifs is 2. The van der Waals surface area contributed by atoms with Gasteiger partial charge in [-0.1, -0.05) is 0 Å². The molecule has 0 saturated heterocycles. The summed E-state index contributed by atoms with van der Waals surface area (Å²) < 4.78 is 10.6. The lowest BCUT2D eigenvalue weighted by Crippen LogP contribution is -1.89. The Hall–Kier alpha value is -1.02. The van der Waals surface area contributed by atoms with E-state index in [9.17, 15) is 0 Å². The van der Waals surface area contributed by atoms with Gasteiger partial charge >= 0.3 is 0 Å². The summed E-state index contributed by atoms with van der Waals surface area (Å²) in [5.41, 5.74) is 3.05. The van der Waals surface area contributed by atoms with Gasteiger partial charge in [0.05, 0.1) is 6.61 Å². The highest BCUT2D eigenvalue weighted by atomic mass is 16.5. The van der Waals surface area contributed by atoms with Crippen molar-refractivity contribution >= 4 is 11.2 Å². The van der Waals surface area contributed by atoms with E-state index >= 15 is 0 Å². The molecule has 0 fully saturated rings. The molecule has 0 spiro atoms. The van der Waals surface area contributed by atoms with Crippen LogP contribution in [0.25, 0.3) is 11.2 Å². The van der Waals surface area contributed by atoms with Crippen molar-refractivity contribution in [2.24, 2.45) is 0 Å². The van der Waals surface area contributed by atoms with Crippen LogP contribution in [-0.2, 0) is 11.3 Å². The van der Waals surface area contributed by atoms with Crippen LogP contribution in [0, 0.1) is 0 Å². The number of ether oxygens (including phenoxy) is 1. The van der Waals surface area contributed by atoms with Gasteiger partial charge in [0.15, 0.2) is 0 Å². The predicted octanol–water partition coefficient (Wildman–Crippen LogP) is 2.41. The lowest BCUT2D eigenvalue weighted by molar-refractivity contribution is 0.135. The summed E-state index contributed by atoms with van der Waals surface area (Å²) in [7, 11) is 0. The van der Waals surface area contributed by atoms with Gasteiger partial charge in [-0.05, 0) is 25.1 Å². The Balaban J connectivity index is 2.18. The fourth-order valence-electron chi connectivity index (χ4n) is 1.17. The molecule has 2 rings (SSSR count). The second-order valence-electron chi connectivity index (χ2n) is 2.51. The van der Waals surface area contributed by atoms with Crippen LogP contribution in [0.3, 0.4) is 0 Å². The van der Waals surface area contributed by atoms with Crippen LogP contribution in [0.2, 0.25) is 0 Å². The summed E-state index contributed by atoms with van der Waals surface area (Å²) in [6.45, 7) is 3.41. The van der Waals surface area contributed by atoms with Gasteiger partial charge in [-0.25, -0.2) is 0 Å². The van der Waals surface area contributed by atoms with E-state index in [4.69, 9.17) is 9.15 Å². The third-order valence-corrected chi connectivity index (χ3v) is 1.72. The standard InChI is InChI=1S/C9H10O2/c1-2-10-6-7-5-8-3-4-9(7)11-8/h3-5H,2,6H2,1H3. The number of hydrogen-bond acceptors (Lipinski definition) is 2. The molecule has 11 heavy (non-hydrogen) atoms. The zero-order valence-corrected chi connectivity index (χ0v) is 6.46. The molecule has 2 aromatic heterocycles. The Morgan fingerprint density at radius 2 is 2.36 bits per heavy atom. The van der Waals surface area contributed by atoms with Crippen molar-refractivity contribution in [2.75, 3.05) is 6.61 Å². The molecule has 0 aliphatic rings. The van der Waals surface area contributed by atoms with Crippen molar-refractivity contribution in [1.29, 1.82) is 0 Å². The molecule has 0 unspecified atom stereocenters. The Morgan fingerprint density at radius 3 is 2.91 bits per heavy atom. The van der Waals surface area contributed by atoms with Crippen molar-refractivity contribution in [3.05, 3.63) is 23.8 Å². The number of hydrogen-bond donors (Lipinski definition) is 0. The highest BCUT2D eigenvalue weighted by molar-refractivity contribution is 5.65. The van der Waals surface area contributed by atoms with Gasteiger partial charge in [0.2, 0.25) is 0 Å². The van der Waals surface area contributed by atoms with E-state index in [-0.39, 0.29) is 0 Å². The van der Waals surface area contributed by atoms with Crippen LogP contribution in [0.1, 0.15) is 12.5 Å². The summed E-state index contributed by atoms with van der Waals surface area (Å²) in [6.07, 6.45) is 0. The summed E-state index contributed by atoms with van der Waals surface area (Å²) in [6, 6.07) is 5.96. The molecule has 0 aliphatic heterocycles. The quantitative estimate of drug-likeness (QED) is 0.670. The van der Waals surface area contributed by atoms with E-state index in [0.29, 0.717) is 6.61 Å². The van der Waals surface area contributed by atoms with E-state index in [1.54, 1.807) is 0 Å². The third kappa shape index (κ3) is 1.10. The van der Waals surface area contributed by atoms with E-state index in [1.807, 2.05) is 25.1 Å². The molecule has 2 bridgehead atoms. The van der Waals surface area contributed by atoms with E-state index in [2.05, 4.69) is 0 Å². The zero-order chi connectivity index (χ0) is 7.68. The molecule has 0 aromatic carbocycles. The fraction of sp³-hybridized carbons (Fsp3) is 0.333. The van der Waals surface area contributed by atoms with E-state index < -0.39 is 0 Å². The molecular weight excluding hydrogens is 140 g/mol. The maximum Gasteiger partial charge on any atom is 0.133 e. The first-order valence-electron chi connectivity index (χ1n) is 3.78. The highest BCUT2D eigenvalue weighted by Gasteiger charge is 2.05. The average molecular weight is 150 g/mol. The van der Waals surface area contributed by atoms with Gasteiger partial charge < -0.3 is 9.15 Å². The normalized spacial score (nSPS) is 11.4. The minimum atomic E-state index is 0.666. The number of furan rings is 2. The fourth-order valence-corrected chi connectivity index (χ4v) is 1.17. The van der Waals surface area contributed by atoms with Gasteiger partial charge in [0, 0.05) is 12.2 Å². The molecule has 0 aliphatic carbocycles. The van der Waals surface area contributed by atoms with Crippen molar-refractivity contribution in [3.8, 4) is 0 Å². The second-order valence-corrected chi connectivity index (χ2v) is 2.51. The molecule has 0 radical (unpaired) electrons. The summed E-state index contributed by atoms with van der Waals surface area (Å²) in [5.74, 6) is 0. The van der Waals surface area contributed by atoms with Crippen LogP contribution < -0.4 is 0 Å². The topological polar surface area (TPSA) is 22.4 Å². The van der Waals surface area contributed by atoms with Gasteiger partial charge in [-0.3, -0.25) is 0 Å². The molecule has 2 heteroatoms.